The zero-order valence-corrected chi connectivity index (χ0v) is 9.16. The number of ether oxygens (including phenoxy) is 2. The lowest BCUT2D eigenvalue weighted by atomic mass is 10.1. The molecule has 1 heterocycles. The molecular weight excluding hydrogens is 182 g/mol. The number of carbonyl (C=O) groups excluding carboxylic acids is 1. The Balaban J connectivity index is 2.38. The Morgan fingerprint density at radius 1 is 1.43 bits per heavy atom. The second-order valence-corrected chi connectivity index (χ2v) is 3.89. The molecule has 0 atom stereocenters. The van der Waals surface area contributed by atoms with Crippen molar-refractivity contribution in [3.8, 4) is 0 Å². The van der Waals surface area contributed by atoms with Crippen molar-refractivity contribution in [2.75, 3.05) is 20.3 Å². The molecule has 0 N–H and O–H groups in total. The molecule has 1 aliphatic heterocycles. The van der Waals surface area contributed by atoms with Crippen LogP contribution >= 0.6 is 0 Å². The van der Waals surface area contributed by atoms with Crippen molar-refractivity contribution in [3.63, 3.8) is 0 Å². The second-order valence-electron chi connectivity index (χ2n) is 3.89. The van der Waals surface area contributed by atoms with Gasteiger partial charge in [0.15, 0.2) is 0 Å². The molecule has 14 heavy (non-hydrogen) atoms. The highest BCUT2D eigenvalue weighted by atomic mass is 16.6. The highest BCUT2D eigenvalue weighted by Crippen LogP contribution is 2.13. The third kappa shape index (κ3) is 3.18. The lowest BCUT2D eigenvalue weighted by molar-refractivity contribution is 0.0270. The molecule has 0 unspecified atom stereocenters. The van der Waals surface area contributed by atoms with Gasteiger partial charge >= 0.3 is 6.09 Å². The van der Waals surface area contributed by atoms with Crippen LogP contribution in [0.15, 0.2) is 0 Å². The highest BCUT2D eigenvalue weighted by Gasteiger charge is 2.23. The summed E-state index contributed by atoms with van der Waals surface area (Å²) in [6, 6.07) is 0.273. The number of carbonyl (C=O) groups is 1. The van der Waals surface area contributed by atoms with Gasteiger partial charge < -0.3 is 14.4 Å². The van der Waals surface area contributed by atoms with Gasteiger partial charge in [0.05, 0.1) is 6.10 Å². The van der Waals surface area contributed by atoms with Crippen molar-refractivity contribution in [1.82, 2.24) is 4.90 Å². The lowest BCUT2D eigenvalue weighted by Gasteiger charge is -2.30. The van der Waals surface area contributed by atoms with Gasteiger partial charge in [0.2, 0.25) is 0 Å². The van der Waals surface area contributed by atoms with E-state index in [1.807, 2.05) is 13.8 Å². The molecule has 0 aromatic carbocycles. The van der Waals surface area contributed by atoms with E-state index < -0.39 is 0 Å². The summed E-state index contributed by atoms with van der Waals surface area (Å²) >= 11 is 0. The molecular formula is C10H19NO3. The molecule has 4 heteroatoms. The number of hydrogen-bond acceptors (Lipinski definition) is 3. The van der Waals surface area contributed by atoms with Crippen LogP contribution in [0.3, 0.4) is 0 Å². The predicted molar refractivity (Wildman–Crippen MR) is 53.2 cm³/mol. The van der Waals surface area contributed by atoms with Crippen LogP contribution in [0.2, 0.25) is 0 Å². The van der Waals surface area contributed by atoms with Crippen LogP contribution < -0.4 is 0 Å². The van der Waals surface area contributed by atoms with E-state index in [2.05, 4.69) is 0 Å². The van der Waals surface area contributed by atoms with E-state index in [1.54, 1.807) is 11.9 Å². The van der Waals surface area contributed by atoms with Gasteiger partial charge in [-0.1, -0.05) is 0 Å². The normalized spacial score (nSPS) is 18.3. The highest BCUT2D eigenvalue weighted by molar-refractivity contribution is 5.67. The third-order valence-electron chi connectivity index (χ3n) is 2.36. The Morgan fingerprint density at radius 3 is 2.50 bits per heavy atom. The molecule has 1 amide bonds. The smallest absolute Gasteiger partial charge is 0.410 e. The zero-order valence-electron chi connectivity index (χ0n) is 9.16. The summed E-state index contributed by atoms with van der Waals surface area (Å²) < 4.78 is 10.3. The van der Waals surface area contributed by atoms with Gasteiger partial charge in [0.25, 0.3) is 0 Å². The summed E-state index contributed by atoms with van der Waals surface area (Å²) in [6.07, 6.45) is 1.53. The molecule has 1 fully saturated rings. The number of amides is 1. The van der Waals surface area contributed by atoms with Crippen molar-refractivity contribution in [1.29, 1.82) is 0 Å². The third-order valence-corrected chi connectivity index (χ3v) is 2.36. The van der Waals surface area contributed by atoms with Gasteiger partial charge in [-0.25, -0.2) is 4.79 Å². The fourth-order valence-electron chi connectivity index (χ4n) is 1.51. The first-order chi connectivity index (χ1) is 6.61. The van der Waals surface area contributed by atoms with Crippen molar-refractivity contribution in [2.24, 2.45) is 0 Å². The van der Waals surface area contributed by atoms with Crippen LogP contribution in [0, 0.1) is 0 Å². The molecule has 0 aromatic heterocycles. The van der Waals surface area contributed by atoms with Crippen LogP contribution in [0.1, 0.15) is 26.7 Å². The summed E-state index contributed by atoms with van der Waals surface area (Å²) in [5.74, 6) is 0. The van der Waals surface area contributed by atoms with Gasteiger partial charge in [-0.15, -0.1) is 0 Å². The standard InChI is InChI=1S/C10H19NO3/c1-8(2)14-10(12)11(3)9-4-6-13-7-5-9/h8-9H,4-7H2,1-3H3. The maximum Gasteiger partial charge on any atom is 0.410 e. The SMILES string of the molecule is CC(C)OC(=O)N(C)C1CCOCC1. The Hall–Kier alpha value is -0.770. The topological polar surface area (TPSA) is 38.8 Å². The minimum Gasteiger partial charge on any atom is -0.447 e. The average molecular weight is 201 g/mol. The molecule has 4 nitrogen and oxygen atoms in total. The van der Waals surface area contributed by atoms with Gasteiger partial charge in [-0.3, -0.25) is 0 Å². The minimum atomic E-state index is -0.230. The first-order valence-corrected chi connectivity index (χ1v) is 5.12. The number of nitrogens with zero attached hydrogens (tertiary/aromatic N) is 1. The van der Waals surface area contributed by atoms with E-state index in [9.17, 15) is 4.79 Å². The Morgan fingerprint density at radius 2 is 2.00 bits per heavy atom. The molecule has 0 saturated carbocycles. The summed E-state index contributed by atoms with van der Waals surface area (Å²) in [6.45, 7) is 5.19. The first kappa shape index (κ1) is 11.3. The van der Waals surface area contributed by atoms with Gasteiger partial charge in [-0.2, -0.15) is 0 Å². The van der Waals surface area contributed by atoms with Crippen LogP contribution in [0.25, 0.3) is 0 Å². The Bertz CT molecular complexity index is 188. The maximum atomic E-state index is 11.5. The molecule has 0 aromatic rings. The molecule has 0 aliphatic carbocycles. The Labute approximate surface area is 85.2 Å². The molecule has 1 saturated heterocycles. The minimum absolute atomic E-state index is 0.0511. The molecule has 1 aliphatic rings. The zero-order chi connectivity index (χ0) is 10.6. The van der Waals surface area contributed by atoms with Crippen molar-refractivity contribution in [3.05, 3.63) is 0 Å². The monoisotopic (exact) mass is 201 g/mol. The second kappa shape index (κ2) is 5.20. The van der Waals surface area contributed by atoms with Crippen molar-refractivity contribution in [2.45, 2.75) is 38.8 Å². The van der Waals surface area contributed by atoms with Gasteiger partial charge in [-0.05, 0) is 26.7 Å². The summed E-state index contributed by atoms with van der Waals surface area (Å²) in [4.78, 5) is 13.2. The average Bonchev–Trinajstić information content (AvgIpc) is 2.17. The number of hydrogen-bond donors (Lipinski definition) is 0. The van der Waals surface area contributed by atoms with Crippen molar-refractivity contribution < 1.29 is 14.3 Å². The van der Waals surface area contributed by atoms with Crippen LogP contribution in [-0.2, 0) is 9.47 Å². The lowest BCUT2D eigenvalue weighted by Crippen LogP contribution is -2.41. The molecule has 1 rings (SSSR count). The molecule has 0 bridgehead atoms. The fourth-order valence-corrected chi connectivity index (χ4v) is 1.51. The van der Waals surface area contributed by atoms with E-state index in [-0.39, 0.29) is 18.2 Å². The van der Waals surface area contributed by atoms with E-state index in [0.717, 1.165) is 26.1 Å². The fraction of sp³-hybridized carbons (Fsp3) is 0.900. The van der Waals surface area contributed by atoms with Gasteiger partial charge in [0.1, 0.15) is 0 Å². The number of rotatable bonds is 2. The van der Waals surface area contributed by atoms with Crippen LogP contribution in [0.5, 0.6) is 0 Å². The first-order valence-electron chi connectivity index (χ1n) is 5.12. The molecule has 82 valence electrons. The molecule has 0 radical (unpaired) electrons. The van der Waals surface area contributed by atoms with E-state index >= 15 is 0 Å². The van der Waals surface area contributed by atoms with Crippen molar-refractivity contribution >= 4 is 6.09 Å². The maximum absolute atomic E-state index is 11.5. The molecule has 0 spiro atoms. The summed E-state index contributed by atoms with van der Waals surface area (Å²) in [7, 11) is 1.79. The largest absolute Gasteiger partial charge is 0.447 e. The quantitative estimate of drug-likeness (QED) is 0.681. The predicted octanol–water partition coefficient (Wildman–Crippen LogP) is 1.64. The summed E-state index contributed by atoms with van der Waals surface area (Å²) in [5, 5.41) is 0. The van der Waals surface area contributed by atoms with Crippen LogP contribution in [-0.4, -0.2) is 43.4 Å². The van der Waals surface area contributed by atoms with E-state index in [0.29, 0.717) is 0 Å². The van der Waals surface area contributed by atoms with E-state index in [4.69, 9.17) is 9.47 Å². The van der Waals surface area contributed by atoms with E-state index in [1.165, 1.54) is 0 Å². The van der Waals surface area contributed by atoms with Crippen LogP contribution in [0.4, 0.5) is 4.79 Å². The van der Waals surface area contributed by atoms with Gasteiger partial charge in [0, 0.05) is 26.3 Å². The Kier molecular flexibility index (Phi) is 4.20. The summed E-state index contributed by atoms with van der Waals surface area (Å²) in [5.41, 5.74) is 0.